The van der Waals surface area contributed by atoms with Crippen LogP contribution < -0.4 is 10.6 Å². The van der Waals surface area contributed by atoms with E-state index in [2.05, 4.69) is 10.6 Å². The van der Waals surface area contributed by atoms with Crippen LogP contribution in [0.3, 0.4) is 0 Å². The molecule has 0 aliphatic carbocycles. The Labute approximate surface area is 134 Å². The van der Waals surface area contributed by atoms with Crippen molar-refractivity contribution >= 4 is 23.4 Å². The van der Waals surface area contributed by atoms with Gasteiger partial charge in [-0.15, -0.1) is 0 Å². The fraction of sp³-hybridized carbons (Fsp3) is 0.176. The number of carbonyl (C=O) groups is 2. The van der Waals surface area contributed by atoms with Gasteiger partial charge in [0.05, 0.1) is 6.42 Å². The number of nitrogens with one attached hydrogen (secondary N) is 2. The molecule has 0 atom stereocenters. The van der Waals surface area contributed by atoms with Gasteiger partial charge < -0.3 is 10.6 Å². The van der Waals surface area contributed by atoms with Crippen LogP contribution in [0.4, 0.5) is 0 Å². The number of carbonyl (C=O) groups excluding carboxylic acids is 2. The van der Waals surface area contributed by atoms with Crippen molar-refractivity contribution in [1.29, 1.82) is 0 Å². The molecule has 0 saturated heterocycles. The Hall–Kier alpha value is -2.33. The maximum Gasteiger partial charge on any atom is 0.251 e. The molecule has 2 amide bonds. The van der Waals surface area contributed by atoms with E-state index < -0.39 is 0 Å². The summed E-state index contributed by atoms with van der Waals surface area (Å²) in [5, 5.41) is 6.08. The maximum atomic E-state index is 11.8. The Morgan fingerprint density at radius 3 is 2.23 bits per heavy atom. The minimum Gasteiger partial charge on any atom is -0.354 e. The molecule has 2 aromatic rings. The fourth-order valence-electron chi connectivity index (χ4n) is 1.95. The van der Waals surface area contributed by atoms with Crippen LogP contribution in [0.25, 0.3) is 0 Å². The summed E-state index contributed by atoms with van der Waals surface area (Å²) in [6, 6.07) is 16.2. The van der Waals surface area contributed by atoms with Crippen LogP contribution in [-0.4, -0.2) is 24.9 Å². The van der Waals surface area contributed by atoms with Crippen LogP contribution in [0.2, 0.25) is 5.02 Å². The normalized spacial score (nSPS) is 10.0. The van der Waals surface area contributed by atoms with Gasteiger partial charge in [-0.1, -0.05) is 48.0 Å². The highest BCUT2D eigenvalue weighted by molar-refractivity contribution is 6.31. The van der Waals surface area contributed by atoms with Crippen LogP contribution in [0.1, 0.15) is 15.9 Å². The molecule has 5 heteroatoms. The highest BCUT2D eigenvalue weighted by atomic mass is 35.5. The summed E-state index contributed by atoms with van der Waals surface area (Å²) in [6.07, 6.45) is 0.228. The molecule has 0 radical (unpaired) electrons. The molecule has 0 aliphatic heterocycles. The second-order valence-corrected chi connectivity index (χ2v) is 5.15. The van der Waals surface area contributed by atoms with Crippen LogP contribution in [0.5, 0.6) is 0 Å². The number of rotatable bonds is 6. The molecule has 0 heterocycles. The van der Waals surface area contributed by atoms with Crippen molar-refractivity contribution in [2.24, 2.45) is 0 Å². The molecular formula is C17H17ClN2O2. The predicted octanol–water partition coefficient (Wildman–Crippen LogP) is 2.43. The minimum absolute atomic E-state index is 0.123. The first-order valence-corrected chi connectivity index (χ1v) is 7.38. The van der Waals surface area contributed by atoms with E-state index in [1.807, 2.05) is 24.3 Å². The molecule has 0 aliphatic rings. The Morgan fingerprint density at radius 1 is 0.864 bits per heavy atom. The van der Waals surface area contributed by atoms with Crippen LogP contribution in [0, 0.1) is 0 Å². The molecule has 2 N–H and O–H groups in total. The van der Waals surface area contributed by atoms with E-state index in [4.69, 9.17) is 11.6 Å². The summed E-state index contributed by atoms with van der Waals surface area (Å²) >= 11 is 6.00. The van der Waals surface area contributed by atoms with Crippen molar-refractivity contribution in [3.63, 3.8) is 0 Å². The fourth-order valence-corrected chi connectivity index (χ4v) is 2.15. The van der Waals surface area contributed by atoms with Crippen LogP contribution in [0.15, 0.2) is 54.6 Å². The van der Waals surface area contributed by atoms with E-state index in [0.717, 1.165) is 5.56 Å². The van der Waals surface area contributed by atoms with Crippen molar-refractivity contribution in [3.05, 3.63) is 70.7 Å². The third kappa shape index (κ3) is 4.90. The largest absolute Gasteiger partial charge is 0.354 e. The Bertz CT molecular complexity index is 644. The molecule has 22 heavy (non-hydrogen) atoms. The van der Waals surface area contributed by atoms with Crippen molar-refractivity contribution in [2.45, 2.75) is 6.42 Å². The monoisotopic (exact) mass is 316 g/mol. The van der Waals surface area contributed by atoms with Gasteiger partial charge >= 0.3 is 0 Å². The molecular weight excluding hydrogens is 300 g/mol. The molecule has 4 nitrogen and oxygen atoms in total. The lowest BCUT2D eigenvalue weighted by Gasteiger charge is -2.08. The summed E-state index contributed by atoms with van der Waals surface area (Å²) in [5.41, 5.74) is 1.39. The topological polar surface area (TPSA) is 58.2 Å². The zero-order chi connectivity index (χ0) is 15.8. The molecule has 2 rings (SSSR count). The van der Waals surface area contributed by atoms with E-state index >= 15 is 0 Å². The Balaban J connectivity index is 1.69. The SMILES string of the molecule is O=C(Cc1ccccc1Cl)NCCNC(=O)c1ccccc1. The zero-order valence-corrected chi connectivity index (χ0v) is 12.8. The number of halogens is 1. The first kappa shape index (κ1) is 16.0. The number of benzene rings is 2. The summed E-state index contributed by atoms with van der Waals surface area (Å²) in [6.45, 7) is 0.754. The predicted molar refractivity (Wildman–Crippen MR) is 86.9 cm³/mol. The first-order valence-electron chi connectivity index (χ1n) is 7.00. The summed E-state index contributed by atoms with van der Waals surface area (Å²) in [7, 11) is 0. The second-order valence-electron chi connectivity index (χ2n) is 4.74. The number of amides is 2. The van der Waals surface area contributed by atoms with E-state index in [0.29, 0.717) is 23.7 Å². The molecule has 0 saturated carbocycles. The molecule has 114 valence electrons. The van der Waals surface area contributed by atoms with Gasteiger partial charge in [-0.2, -0.15) is 0 Å². The van der Waals surface area contributed by atoms with Gasteiger partial charge in [0, 0.05) is 23.7 Å². The van der Waals surface area contributed by atoms with E-state index in [1.54, 1.807) is 30.3 Å². The molecule has 0 unspecified atom stereocenters. The van der Waals surface area contributed by atoms with E-state index in [9.17, 15) is 9.59 Å². The van der Waals surface area contributed by atoms with Gasteiger partial charge in [0.25, 0.3) is 5.91 Å². The Kier molecular flexibility index (Phi) is 5.98. The lowest BCUT2D eigenvalue weighted by molar-refractivity contribution is -0.120. The second kappa shape index (κ2) is 8.20. The standard InChI is InChI=1S/C17H17ClN2O2/c18-15-9-5-4-8-14(15)12-16(21)19-10-11-20-17(22)13-6-2-1-3-7-13/h1-9H,10-12H2,(H,19,21)(H,20,22). The average Bonchev–Trinajstić information content (AvgIpc) is 2.54. The summed E-state index contributed by atoms with van der Waals surface area (Å²) in [4.78, 5) is 23.6. The molecule has 2 aromatic carbocycles. The van der Waals surface area contributed by atoms with E-state index in [-0.39, 0.29) is 18.2 Å². The van der Waals surface area contributed by atoms with Gasteiger partial charge in [-0.3, -0.25) is 9.59 Å². The van der Waals surface area contributed by atoms with Crippen LogP contribution >= 0.6 is 11.6 Å². The summed E-state index contributed by atoms with van der Waals surface area (Å²) < 4.78 is 0. The first-order chi connectivity index (χ1) is 10.7. The zero-order valence-electron chi connectivity index (χ0n) is 12.0. The smallest absolute Gasteiger partial charge is 0.251 e. The molecule has 0 aromatic heterocycles. The van der Waals surface area contributed by atoms with E-state index in [1.165, 1.54) is 0 Å². The lowest BCUT2D eigenvalue weighted by Crippen LogP contribution is -2.35. The van der Waals surface area contributed by atoms with Crippen molar-refractivity contribution < 1.29 is 9.59 Å². The van der Waals surface area contributed by atoms with Gasteiger partial charge in [-0.05, 0) is 23.8 Å². The van der Waals surface area contributed by atoms with Crippen molar-refractivity contribution in [1.82, 2.24) is 10.6 Å². The lowest BCUT2D eigenvalue weighted by atomic mass is 10.1. The Morgan fingerprint density at radius 2 is 1.50 bits per heavy atom. The summed E-state index contributed by atoms with van der Waals surface area (Å²) in [5.74, 6) is -0.275. The third-order valence-electron chi connectivity index (χ3n) is 3.08. The average molecular weight is 317 g/mol. The molecule has 0 spiro atoms. The third-order valence-corrected chi connectivity index (χ3v) is 3.45. The van der Waals surface area contributed by atoms with Gasteiger partial charge in [0.1, 0.15) is 0 Å². The van der Waals surface area contributed by atoms with Gasteiger partial charge in [0.2, 0.25) is 5.91 Å². The number of hydrogen-bond donors (Lipinski definition) is 2. The maximum absolute atomic E-state index is 11.8. The van der Waals surface area contributed by atoms with Gasteiger partial charge in [-0.25, -0.2) is 0 Å². The highest BCUT2D eigenvalue weighted by Gasteiger charge is 2.07. The number of hydrogen-bond acceptors (Lipinski definition) is 2. The quantitative estimate of drug-likeness (QED) is 0.804. The molecule has 0 fully saturated rings. The van der Waals surface area contributed by atoms with Crippen molar-refractivity contribution in [2.75, 3.05) is 13.1 Å². The minimum atomic E-state index is -0.152. The van der Waals surface area contributed by atoms with Crippen LogP contribution in [-0.2, 0) is 11.2 Å². The molecule has 0 bridgehead atoms. The van der Waals surface area contributed by atoms with Gasteiger partial charge in [0.15, 0.2) is 0 Å². The van der Waals surface area contributed by atoms with Crippen molar-refractivity contribution in [3.8, 4) is 0 Å². The highest BCUT2D eigenvalue weighted by Crippen LogP contribution is 2.15.